The molecule has 2 aliphatic rings. The summed E-state index contributed by atoms with van der Waals surface area (Å²) < 4.78 is 28.1. The van der Waals surface area contributed by atoms with Crippen molar-refractivity contribution >= 4 is 37.3 Å². The van der Waals surface area contributed by atoms with Gasteiger partial charge in [-0.05, 0) is 54.6 Å². The van der Waals surface area contributed by atoms with E-state index in [1.54, 1.807) is 4.31 Å². The average molecular weight is 393 g/mol. The maximum Gasteiger partial charge on any atom is 0.245 e. The second-order valence-electron chi connectivity index (χ2n) is 5.97. The fourth-order valence-electron chi connectivity index (χ4n) is 2.75. The van der Waals surface area contributed by atoms with Gasteiger partial charge in [0.2, 0.25) is 10.0 Å². The minimum atomic E-state index is -3.37. The molecule has 1 aromatic heterocycles. The highest BCUT2D eigenvalue weighted by Gasteiger charge is 2.33. The lowest BCUT2D eigenvalue weighted by molar-refractivity contribution is 0.268. The van der Waals surface area contributed by atoms with Gasteiger partial charge in [0.15, 0.2) is 0 Å². The van der Waals surface area contributed by atoms with Crippen LogP contribution in [0.3, 0.4) is 0 Å². The summed E-state index contributed by atoms with van der Waals surface area (Å²) >= 11 is 4.97. The minimum absolute atomic E-state index is 0.101. The standard InChI is InChI=1S/C14H21BrN2O2S2/c1-10-4-2-3-7-17(10)21(18,19)13-8-12(20-14(13)15)9-16-11-5-6-11/h8,10-11,16H,2-7,9H2,1H3. The van der Waals surface area contributed by atoms with E-state index >= 15 is 0 Å². The Morgan fingerprint density at radius 3 is 2.81 bits per heavy atom. The number of rotatable bonds is 5. The van der Waals surface area contributed by atoms with E-state index in [4.69, 9.17) is 0 Å². The van der Waals surface area contributed by atoms with Crippen molar-refractivity contribution in [2.24, 2.45) is 0 Å². The molecule has 2 fully saturated rings. The zero-order valence-electron chi connectivity index (χ0n) is 12.1. The van der Waals surface area contributed by atoms with Crippen LogP contribution in [-0.4, -0.2) is 31.4 Å². The molecule has 0 aromatic carbocycles. The Hall–Kier alpha value is 0.0500. The van der Waals surface area contributed by atoms with E-state index in [0.717, 1.165) is 34.5 Å². The third-order valence-corrected chi connectivity index (χ3v) is 8.44. The largest absolute Gasteiger partial charge is 0.309 e. The molecule has 2 heterocycles. The monoisotopic (exact) mass is 392 g/mol. The van der Waals surface area contributed by atoms with Gasteiger partial charge in [-0.3, -0.25) is 0 Å². The molecule has 1 unspecified atom stereocenters. The fraction of sp³-hybridized carbons (Fsp3) is 0.714. The molecule has 0 amide bonds. The summed E-state index contributed by atoms with van der Waals surface area (Å²) in [4.78, 5) is 1.52. The third kappa shape index (κ3) is 3.52. The Bertz CT molecular complexity index is 610. The number of thiophene rings is 1. The highest BCUT2D eigenvalue weighted by atomic mass is 79.9. The average Bonchev–Trinajstić information content (AvgIpc) is 3.19. The van der Waals surface area contributed by atoms with Gasteiger partial charge in [-0.15, -0.1) is 11.3 Å². The first-order chi connectivity index (χ1) is 9.98. The van der Waals surface area contributed by atoms with Crippen LogP contribution < -0.4 is 5.32 Å². The Kier molecular flexibility index (Phi) is 4.76. The molecule has 1 saturated carbocycles. The quantitative estimate of drug-likeness (QED) is 0.835. The number of halogens is 1. The molecule has 0 spiro atoms. The van der Waals surface area contributed by atoms with E-state index < -0.39 is 10.0 Å². The van der Waals surface area contributed by atoms with Crippen molar-refractivity contribution in [2.45, 2.75) is 62.6 Å². The van der Waals surface area contributed by atoms with Crippen molar-refractivity contribution in [1.29, 1.82) is 0 Å². The second kappa shape index (κ2) is 6.28. The number of hydrogen-bond donors (Lipinski definition) is 1. The van der Waals surface area contributed by atoms with Crippen LogP contribution in [0, 0.1) is 0 Å². The van der Waals surface area contributed by atoms with Gasteiger partial charge in [0.25, 0.3) is 0 Å². The zero-order chi connectivity index (χ0) is 15.0. The molecule has 7 heteroatoms. The fourth-order valence-corrected chi connectivity index (χ4v) is 7.03. The first-order valence-corrected chi connectivity index (χ1v) is 10.6. The van der Waals surface area contributed by atoms with Gasteiger partial charge in [0, 0.05) is 30.1 Å². The lowest BCUT2D eigenvalue weighted by Crippen LogP contribution is -2.41. The summed E-state index contributed by atoms with van der Waals surface area (Å²) in [6, 6.07) is 2.57. The summed E-state index contributed by atoms with van der Waals surface area (Å²) in [6.45, 7) is 3.41. The van der Waals surface area contributed by atoms with E-state index in [2.05, 4.69) is 21.2 Å². The molecule has 118 valence electrons. The van der Waals surface area contributed by atoms with Crippen LogP contribution in [0.1, 0.15) is 43.9 Å². The van der Waals surface area contributed by atoms with Crippen LogP contribution in [0.25, 0.3) is 0 Å². The number of hydrogen-bond acceptors (Lipinski definition) is 4. The van der Waals surface area contributed by atoms with Crippen molar-refractivity contribution in [2.75, 3.05) is 6.54 Å². The van der Waals surface area contributed by atoms with Gasteiger partial charge < -0.3 is 5.32 Å². The summed E-state index contributed by atoms with van der Waals surface area (Å²) in [5.41, 5.74) is 0. The van der Waals surface area contributed by atoms with Crippen LogP contribution in [0.15, 0.2) is 14.7 Å². The van der Waals surface area contributed by atoms with Crippen LogP contribution in [0.5, 0.6) is 0 Å². The van der Waals surface area contributed by atoms with E-state index in [0.29, 0.717) is 17.5 Å². The molecule has 3 rings (SSSR count). The topological polar surface area (TPSA) is 49.4 Å². The second-order valence-corrected chi connectivity index (χ2v) is 10.3. The summed E-state index contributed by atoms with van der Waals surface area (Å²) in [5, 5.41) is 3.43. The molecule has 4 nitrogen and oxygen atoms in total. The van der Waals surface area contributed by atoms with Crippen LogP contribution >= 0.6 is 27.3 Å². The van der Waals surface area contributed by atoms with E-state index in [9.17, 15) is 8.42 Å². The molecule has 1 aromatic rings. The predicted molar refractivity (Wildman–Crippen MR) is 89.1 cm³/mol. The first kappa shape index (κ1) is 15.9. The molecule has 1 saturated heterocycles. The van der Waals surface area contributed by atoms with E-state index in [1.165, 1.54) is 24.2 Å². The molecule has 1 aliphatic heterocycles. The summed E-state index contributed by atoms with van der Waals surface area (Å²) in [7, 11) is -3.37. The van der Waals surface area contributed by atoms with Gasteiger partial charge in [-0.1, -0.05) is 6.42 Å². The summed E-state index contributed by atoms with van der Waals surface area (Å²) in [6.07, 6.45) is 5.51. The Morgan fingerprint density at radius 1 is 1.38 bits per heavy atom. The smallest absolute Gasteiger partial charge is 0.245 e. The van der Waals surface area contributed by atoms with Crippen molar-refractivity contribution in [3.63, 3.8) is 0 Å². The van der Waals surface area contributed by atoms with Crippen molar-refractivity contribution in [3.8, 4) is 0 Å². The van der Waals surface area contributed by atoms with Crippen LogP contribution in [0.2, 0.25) is 0 Å². The lowest BCUT2D eigenvalue weighted by atomic mass is 10.1. The molecular formula is C14H21BrN2O2S2. The predicted octanol–water partition coefficient (Wildman–Crippen LogP) is 3.33. The molecule has 21 heavy (non-hydrogen) atoms. The molecule has 0 bridgehead atoms. The Labute approximate surface area is 139 Å². The molecule has 1 atom stereocenters. The number of sulfonamides is 1. The number of piperidine rings is 1. The van der Waals surface area contributed by atoms with Gasteiger partial charge >= 0.3 is 0 Å². The van der Waals surface area contributed by atoms with Gasteiger partial charge in [-0.2, -0.15) is 4.31 Å². The van der Waals surface area contributed by atoms with Crippen molar-refractivity contribution in [3.05, 3.63) is 14.7 Å². The Morgan fingerprint density at radius 2 is 2.14 bits per heavy atom. The maximum atomic E-state index is 12.9. The van der Waals surface area contributed by atoms with Crippen molar-refractivity contribution < 1.29 is 8.42 Å². The SMILES string of the molecule is CC1CCCCN1S(=O)(=O)c1cc(CNC2CC2)sc1Br. The summed E-state index contributed by atoms with van der Waals surface area (Å²) in [5.74, 6) is 0. The van der Waals surface area contributed by atoms with Gasteiger partial charge in [0.1, 0.15) is 4.90 Å². The zero-order valence-corrected chi connectivity index (χ0v) is 15.4. The third-order valence-electron chi connectivity index (χ3n) is 4.18. The van der Waals surface area contributed by atoms with E-state index in [1.807, 2.05) is 13.0 Å². The molecule has 0 radical (unpaired) electrons. The normalized spacial score (nSPS) is 24.4. The molecular weight excluding hydrogens is 372 g/mol. The van der Waals surface area contributed by atoms with Crippen LogP contribution in [0.4, 0.5) is 0 Å². The van der Waals surface area contributed by atoms with Crippen molar-refractivity contribution in [1.82, 2.24) is 9.62 Å². The molecule has 1 aliphatic carbocycles. The first-order valence-electron chi connectivity index (χ1n) is 7.52. The lowest BCUT2D eigenvalue weighted by Gasteiger charge is -2.32. The van der Waals surface area contributed by atoms with Gasteiger partial charge in [0.05, 0.1) is 3.79 Å². The number of nitrogens with one attached hydrogen (secondary N) is 1. The Balaban J connectivity index is 1.80. The number of nitrogens with zero attached hydrogens (tertiary/aromatic N) is 1. The van der Waals surface area contributed by atoms with E-state index in [-0.39, 0.29) is 6.04 Å². The maximum absolute atomic E-state index is 12.9. The highest BCUT2D eigenvalue weighted by molar-refractivity contribution is 9.11. The van der Waals surface area contributed by atoms with Crippen LogP contribution in [-0.2, 0) is 16.6 Å². The minimum Gasteiger partial charge on any atom is -0.309 e. The van der Waals surface area contributed by atoms with Gasteiger partial charge in [-0.25, -0.2) is 8.42 Å². The highest BCUT2D eigenvalue weighted by Crippen LogP contribution is 2.36. The molecule has 1 N–H and O–H groups in total.